The van der Waals surface area contributed by atoms with Gasteiger partial charge in [-0.3, -0.25) is 0 Å². The van der Waals surface area contributed by atoms with Crippen LogP contribution in [0.15, 0.2) is 0 Å². The van der Waals surface area contributed by atoms with Crippen molar-refractivity contribution in [2.24, 2.45) is 0 Å². The molecule has 1 saturated carbocycles. The van der Waals surface area contributed by atoms with Crippen molar-refractivity contribution in [3.63, 3.8) is 0 Å². The number of rotatable bonds is 6. The minimum absolute atomic E-state index is 0.802. The number of thioether (sulfide) groups is 1. The van der Waals surface area contributed by atoms with Crippen LogP contribution < -0.4 is 5.32 Å². The van der Waals surface area contributed by atoms with Crippen molar-refractivity contribution in [3.8, 4) is 0 Å². The lowest BCUT2D eigenvalue weighted by Gasteiger charge is -2.04. The van der Waals surface area contributed by atoms with Gasteiger partial charge in [-0.15, -0.1) is 0 Å². The van der Waals surface area contributed by atoms with E-state index in [1.54, 1.807) is 0 Å². The Morgan fingerprint density at radius 3 is 2.73 bits per heavy atom. The fourth-order valence-electron chi connectivity index (χ4n) is 0.985. The first kappa shape index (κ1) is 9.40. The summed E-state index contributed by atoms with van der Waals surface area (Å²) in [4.78, 5) is 0. The SMILES string of the molecule is CC(C)SCCCNC1CC1. The molecule has 0 saturated heterocycles. The highest BCUT2D eigenvalue weighted by molar-refractivity contribution is 7.99. The smallest absolute Gasteiger partial charge is 0.00682 e. The molecule has 0 unspecified atom stereocenters. The molecule has 1 aliphatic carbocycles. The first-order valence-corrected chi connectivity index (χ1v) is 5.69. The maximum Gasteiger partial charge on any atom is 0.00682 e. The van der Waals surface area contributed by atoms with Gasteiger partial charge < -0.3 is 5.32 Å². The fourth-order valence-corrected chi connectivity index (χ4v) is 1.77. The maximum atomic E-state index is 3.52. The van der Waals surface area contributed by atoms with Crippen molar-refractivity contribution >= 4 is 11.8 Å². The zero-order valence-electron chi connectivity index (χ0n) is 7.60. The van der Waals surface area contributed by atoms with Crippen LogP contribution in [0.25, 0.3) is 0 Å². The number of nitrogens with one attached hydrogen (secondary N) is 1. The Hall–Kier alpha value is 0.310. The molecule has 0 heterocycles. The molecule has 0 spiro atoms. The fraction of sp³-hybridized carbons (Fsp3) is 1.00. The molecule has 66 valence electrons. The summed E-state index contributed by atoms with van der Waals surface area (Å²) in [5.74, 6) is 1.32. The zero-order valence-corrected chi connectivity index (χ0v) is 8.41. The zero-order chi connectivity index (χ0) is 8.10. The molecule has 1 aliphatic rings. The van der Waals surface area contributed by atoms with Crippen LogP contribution in [0.3, 0.4) is 0 Å². The van der Waals surface area contributed by atoms with Crippen LogP contribution in [-0.2, 0) is 0 Å². The molecule has 0 atom stereocenters. The van der Waals surface area contributed by atoms with E-state index >= 15 is 0 Å². The van der Waals surface area contributed by atoms with Gasteiger partial charge in [-0.1, -0.05) is 13.8 Å². The summed E-state index contributed by atoms with van der Waals surface area (Å²) in [6, 6.07) is 0.888. The van der Waals surface area contributed by atoms with E-state index in [4.69, 9.17) is 0 Å². The van der Waals surface area contributed by atoms with E-state index in [2.05, 4.69) is 30.9 Å². The van der Waals surface area contributed by atoms with Gasteiger partial charge in [0.15, 0.2) is 0 Å². The van der Waals surface area contributed by atoms with Crippen LogP contribution in [0.2, 0.25) is 0 Å². The van der Waals surface area contributed by atoms with E-state index in [0.29, 0.717) is 0 Å². The summed E-state index contributed by atoms with van der Waals surface area (Å²) in [6.45, 7) is 5.75. The van der Waals surface area contributed by atoms with Gasteiger partial charge in [-0.25, -0.2) is 0 Å². The molecule has 0 aromatic heterocycles. The molecule has 0 bridgehead atoms. The van der Waals surface area contributed by atoms with Gasteiger partial charge in [0.25, 0.3) is 0 Å². The van der Waals surface area contributed by atoms with Crippen LogP contribution in [0.5, 0.6) is 0 Å². The molecule has 0 aromatic rings. The first-order valence-electron chi connectivity index (χ1n) is 4.64. The van der Waals surface area contributed by atoms with Gasteiger partial charge in [-0.05, 0) is 36.8 Å². The molecule has 0 aromatic carbocycles. The van der Waals surface area contributed by atoms with Gasteiger partial charge in [-0.2, -0.15) is 11.8 Å². The highest BCUT2D eigenvalue weighted by Gasteiger charge is 2.19. The standard InChI is InChI=1S/C9H19NS/c1-8(2)11-7-3-6-10-9-4-5-9/h8-10H,3-7H2,1-2H3. The first-order chi connectivity index (χ1) is 5.29. The van der Waals surface area contributed by atoms with Crippen LogP contribution in [0, 0.1) is 0 Å². The van der Waals surface area contributed by atoms with Gasteiger partial charge >= 0.3 is 0 Å². The van der Waals surface area contributed by atoms with E-state index in [9.17, 15) is 0 Å². The average Bonchev–Trinajstić information content (AvgIpc) is 2.70. The molecular formula is C9H19NS. The normalized spacial score (nSPS) is 17.7. The molecule has 1 fully saturated rings. The third-order valence-corrected chi connectivity index (χ3v) is 2.97. The predicted molar refractivity (Wildman–Crippen MR) is 53.2 cm³/mol. The second kappa shape index (κ2) is 5.04. The molecule has 2 heteroatoms. The third kappa shape index (κ3) is 5.57. The average molecular weight is 173 g/mol. The molecule has 1 N–H and O–H groups in total. The number of hydrogen-bond donors (Lipinski definition) is 1. The quantitative estimate of drug-likeness (QED) is 0.618. The highest BCUT2D eigenvalue weighted by Crippen LogP contribution is 2.18. The van der Waals surface area contributed by atoms with E-state index in [1.165, 1.54) is 31.6 Å². The highest BCUT2D eigenvalue weighted by atomic mass is 32.2. The van der Waals surface area contributed by atoms with E-state index in [1.807, 2.05) is 0 Å². The van der Waals surface area contributed by atoms with E-state index in [-0.39, 0.29) is 0 Å². The monoisotopic (exact) mass is 173 g/mol. The van der Waals surface area contributed by atoms with Crippen molar-refractivity contribution in [2.75, 3.05) is 12.3 Å². The van der Waals surface area contributed by atoms with Gasteiger partial charge in [0.2, 0.25) is 0 Å². The lowest BCUT2D eigenvalue weighted by atomic mass is 10.5. The van der Waals surface area contributed by atoms with Crippen molar-refractivity contribution in [3.05, 3.63) is 0 Å². The van der Waals surface area contributed by atoms with E-state index < -0.39 is 0 Å². The van der Waals surface area contributed by atoms with Crippen LogP contribution in [0.4, 0.5) is 0 Å². The molecule has 0 amide bonds. The summed E-state index contributed by atoms with van der Waals surface area (Å²) in [5, 5.41) is 4.32. The van der Waals surface area contributed by atoms with Crippen LogP contribution in [-0.4, -0.2) is 23.6 Å². The Morgan fingerprint density at radius 2 is 2.18 bits per heavy atom. The van der Waals surface area contributed by atoms with Crippen LogP contribution >= 0.6 is 11.8 Å². The van der Waals surface area contributed by atoms with Crippen molar-refractivity contribution in [1.29, 1.82) is 0 Å². The third-order valence-electron chi connectivity index (χ3n) is 1.78. The summed E-state index contributed by atoms with van der Waals surface area (Å²) < 4.78 is 0. The van der Waals surface area contributed by atoms with Crippen molar-refractivity contribution in [1.82, 2.24) is 5.32 Å². The van der Waals surface area contributed by atoms with Crippen molar-refractivity contribution in [2.45, 2.75) is 44.4 Å². The number of hydrogen-bond acceptors (Lipinski definition) is 2. The molecule has 0 aliphatic heterocycles. The summed E-state index contributed by atoms with van der Waals surface area (Å²) in [5.41, 5.74) is 0. The Labute approximate surface area is 74.3 Å². The minimum atomic E-state index is 0.802. The van der Waals surface area contributed by atoms with Gasteiger partial charge in [0.1, 0.15) is 0 Å². The molecule has 0 radical (unpaired) electrons. The minimum Gasteiger partial charge on any atom is -0.314 e. The molecule has 11 heavy (non-hydrogen) atoms. The predicted octanol–water partition coefficient (Wildman–Crippen LogP) is 2.27. The second-order valence-corrected chi connectivity index (χ2v) is 5.19. The largest absolute Gasteiger partial charge is 0.314 e. The van der Waals surface area contributed by atoms with E-state index in [0.717, 1.165) is 11.3 Å². The Kier molecular flexibility index (Phi) is 4.31. The lowest BCUT2D eigenvalue weighted by Crippen LogP contribution is -2.18. The molecule has 1 rings (SSSR count). The topological polar surface area (TPSA) is 12.0 Å². The lowest BCUT2D eigenvalue weighted by molar-refractivity contribution is 0.674. The summed E-state index contributed by atoms with van der Waals surface area (Å²) >= 11 is 2.06. The summed E-state index contributed by atoms with van der Waals surface area (Å²) in [7, 11) is 0. The molecule has 1 nitrogen and oxygen atoms in total. The molecular weight excluding hydrogens is 154 g/mol. The summed E-state index contributed by atoms with van der Waals surface area (Å²) in [6.07, 6.45) is 4.16. The van der Waals surface area contributed by atoms with Crippen LogP contribution in [0.1, 0.15) is 33.1 Å². The van der Waals surface area contributed by atoms with Gasteiger partial charge in [0, 0.05) is 6.04 Å². The van der Waals surface area contributed by atoms with Gasteiger partial charge in [0.05, 0.1) is 0 Å². The van der Waals surface area contributed by atoms with Crippen molar-refractivity contribution < 1.29 is 0 Å². The Balaban J connectivity index is 1.73. The Bertz CT molecular complexity index is 95.7. The Morgan fingerprint density at radius 1 is 1.45 bits per heavy atom. The maximum absolute atomic E-state index is 3.52. The second-order valence-electron chi connectivity index (χ2n) is 3.50.